The maximum Gasteiger partial charge on any atom is 0.257 e. The highest BCUT2D eigenvalue weighted by Crippen LogP contribution is 2.38. The van der Waals surface area contributed by atoms with Gasteiger partial charge in [-0.2, -0.15) is 23.1 Å². The first-order valence-corrected chi connectivity index (χ1v) is 46.1. The first-order chi connectivity index (χ1) is 62.1. The molecule has 28 nitrogen and oxygen atoms in total. The molecule has 4 saturated heterocycles. The second kappa shape index (κ2) is 43.1. The van der Waals surface area contributed by atoms with Crippen LogP contribution in [0.15, 0.2) is 213 Å². The first kappa shape index (κ1) is 90.8. The molecule has 0 atom stereocenters. The molecule has 5 N–H and O–H groups in total. The van der Waals surface area contributed by atoms with Crippen LogP contribution in [0.5, 0.6) is 0 Å². The van der Waals surface area contributed by atoms with Gasteiger partial charge in [0.25, 0.3) is 23.6 Å². The molecule has 17 rings (SSSR count). The standard InChI is InChI=1S/C26H29N7O.C26H32N6OS.C24H28N6O.C22H25N5OS/c1-17(2)19-6-7-22(31-26(34)20-5-4-9-27-18(20)3)23(15-19)32-11-13-33(14-12-32)25-21-8-10-28-24(21)29-16-30-25;1-18(2)20-7-8-22(29-26(33)21-6-5-10-27-19(21)3)23(16-20)31-12-14-32(15-13-31)25-9-11-28-24(30-25)17-34-4;1-17(2)19-6-7-21(28-24(31)20-5-4-9-26-18(20)3)22(15-19)29-11-13-30(14-12-29)23-8-10-25-16-27-23;1-16(2)17-3-4-19(25-22(28)18-5-12-29-15-18)20(13-17)26-8-10-27(11-9-26)21-14-23-6-7-24-21/h4-10,15-17H,11-14H2,1-3H3,(H,31,34)(H,28,29,30);5-11,16,18H,12-15,17H2,1-4H3,(H,29,33);4-10,15-17H,11-14H2,1-3H3,(H,28,31);3-7,12-16H,8-11H2,1-2H3,(H,25,28). The molecule has 4 fully saturated rings. The van der Waals surface area contributed by atoms with Crippen molar-refractivity contribution < 1.29 is 19.2 Å². The van der Waals surface area contributed by atoms with Crippen molar-refractivity contribution in [3.05, 3.63) is 280 Å². The third-order valence-electron chi connectivity index (χ3n) is 23.5. The lowest BCUT2D eigenvalue weighted by Gasteiger charge is -2.38. The summed E-state index contributed by atoms with van der Waals surface area (Å²) in [6.45, 7) is 36.6. The second-order valence-corrected chi connectivity index (χ2v) is 34.8. The fourth-order valence-corrected chi connectivity index (χ4v) is 17.0. The molecule has 4 aliphatic heterocycles. The fourth-order valence-electron chi connectivity index (χ4n) is 15.9. The summed E-state index contributed by atoms with van der Waals surface area (Å²) in [5.41, 5.74) is 18.1. The molecule has 0 aliphatic carbocycles. The molecule has 0 radical (unpaired) electrons. The molecule has 13 aromatic rings. The molecular formula is C98H114N24O4S2. The number of H-pyrrole nitrogens is 1. The van der Waals surface area contributed by atoms with Crippen molar-refractivity contribution in [2.75, 3.05) is 171 Å². The van der Waals surface area contributed by atoms with E-state index in [1.807, 2.05) is 111 Å². The highest BCUT2D eigenvalue weighted by Gasteiger charge is 2.29. The van der Waals surface area contributed by atoms with Crippen LogP contribution in [0.1, 0.15) is 166 Å². The molecule has 0 spiro atoms. The number of hydrogen-bond donors (Lipinski definition) is 5. The summed E-state index contributed by atoms with van der Waals surface area (Å²) in [7, 11) is 0. The minimum atomic E-state index is -0.140. The number of piperazine rings is 4. The lowest BCUT2D eigenvalue weighted by Crippen LogP contribution is -2.47. The molecule has 4 amide bonds. The molecule has 0 saturated carbocycles. The number of aryl methyl sites for hydroxylation is 3. The van der Waals surface area contributed by atoms with E-state index in [4.69, 9.17) is 4.98 Å². The number of carbonyl (C=O) groups excluding carboxylic acids is 4. The van der Waals surface area contributed by atoms with E-state index < -0.39 is 0 Å². The number of amides is 4. The Morgan fingerprint density at radius 2 is 0.805 bits per heavy atom. The van der Waals surface area contributed by atoms with Crippen LogP contribution in [0, 0.1) is 20.8 Å². The SMILES string of the molecule is CC(C)c1ccc(NC(=O)c2ccsc2)c(N2CCN(c3cnccn3)CC2)c1.CSCc1nccc(N2CCN(c3cc(C(C)C)ccc3NC(=O)c3cccnc3C)CC2)n1.Cc1ncccc1C(=O)Nc1ccc(C(C)C)cc1N1CCN(c2ccncn2)CC1.Cc1ncccc1C(=O)Nc1ccc(C(C)C)cc1N1CCN(c2ncnc3[nH]ccc23)CC1. The maximum absolute atomic E-state index is 13.0. The van der Waals surface area contributed by atoms with E-state index in [1.165, 1.54) is 33.6 Å². The molecule has 30 heteroatoms. The Labute approximate surface area is 758 Å². The number of benzene rings is 4. The van der Waals surface area contributed by atoms with Crippen LogP contribution in [0.25, 0.3) is 11.0 Å². The summed E-state index contributed by atoms with van der Waals surface area (Å²) in [5, 5.41) is 17.3. The van der Waals surface area contributed by atoms with Crippen molar-refractivity contribution in [2.24, 2.45) is 0 Å². The zero-order valence-electron chi connectivity index (χ0n) is 75.0. The predicted molar refractivity (Wildman–Crippen MR) is 520 cm³/mol. The number of aromatic nitrogens is 12. The first-order valence-electron chi connectivity index (χ1n) is 43.8. The molecule has 4 aromatic carbocycles. The number of nitrogens with one attached hydrogen (secondary N) is 5. The normalized spacial score (nSPS) is 14.1. The van der Waals surface area contributed by atoms with Crippen LogP contribution < -0.4 is 60.5 Å². The van der Waals surface area contributed by atoms with Crippen LogP contribution in [0.4, 0.5) is 68.8 Å². The van der Waals surface area contributed by atoms with Gasteiger partial charge < -0.3 is 65.5 Å². The Hall–Kier alpha value is -13.5. The van der Waals surface area contributed by atoms with Gasteiger partial charge >= 0.3 is 0 Å². The Morgan fingerprint density at radius 3 is 1.20 bits per heavy atom. The number of nitrogens with zero attached hydrogens (tertiary/aromatic N) is 19. The van der Waals surface area contributed by atoms with E-state index in [2.05, 4.69) is 225 Å². The van der Waals surface area contributed by atoms with Crippen LogP contribution in [-0.4, -0.2) is 194 Å². The average molecular weight is 1760 g/mol. The van der Waals surface area contributed by atoms with Gasteiger partial charge in [-0.15, -0.1) is 0 Å². The smallest absolute Gasteiger partial charge is 0.257 e. The van der Waals surface area contributed by atoms with Crippen LogP contribution in [-0.2, 0) is 5.75 Å². The van der Waals surface area contributed by atoms with Crippen molar-refractivity contribution >= 4 is 127 Å². The summed E-state index contributed by atoms with van der Waals surface area (Å²) in [6.07, 6.45) is 21.1. The zero-order valence-corrected chi connectivity index (χ0v) is 76.6. The van der Waals surface area contributed by atoms with Crippen LogP contribution in [0.2, 0.25) is 0 Å². The molecule has 4 aliphatic rings. The van der Waals surface area contributed by atoms with Crippen molar-refractivity contribution in [2.45, 2.75) is 106 Å². The van der Waals surface area contributed by atoms with Gasteiger partial charge in [-0.05, 0) is 188 Å². The van der Waals surface area contributed by atoms with Gasteiger partial charge in [-0.1, -0.05) is 79.7 Å². The van der Waals surface area contributed by atoms with E-state index in [1.54, 1.807) is 85.9 Å². The number of anilines is 12. The maximum atomic E-state index is 13.0. The van der Waals surface area contributed by atoms with Gasteiger partial charge in [0.05, 0.1) is 85.1 Å². The van der Waals surface area contributed by atoms with Crippen molar-refractivity contribution in [3.63, 3.8) is 0 Å². The lowest BCUT2D eigenvalue weighted by atomic mass is 10.0. The Kier molecular flexibility index (Phi) is 30.6. The largest absolute Gasteiger partial charge is 0.366 e. The summed E-state index contributed by atoms with van der Waals surface area (Å²) in [4.78, 5) is 121. The predicted octanol–water partition coefficient (Wildman–Crippen LogP) is 17.2. The number of pyridine rings is 3. The average Bonchev–Trinajstić information content (AvgIpc) is 1.46. The van der Waals surface area contributed by atoms with Crippen LogP contribution >= 0.6 is 23.1 Å². The van der Waals surface area contributed by atoms with E-state index in [0.717, 1.165) is 213 Å². The highest BCUT2D eigenvalue weighted by molar-refractivity contribution is 7.97. The van der Waals surface area contributed by atoms with Gasteiger partial charge in [-0.3, -0.25) is 39.1 Å². The number of rotatable bonds is 22. The van der Waals surface area contributed by atoms with Gasteiger partial charge in [0.15, 0.2) is 0 Å². The monoisotopic (exact) mass is 1750 g/mol. The molecule has 9 aromatic heterocycles. The molecular weight excluding hydrogens is 1640 g/mol. The van der Waals surface area contributed by atoms with Crippen LogP contribution in [0.3, 0.4) is 0 Å². The molecule has 128 heavy (non-hydrogen) atoms. The van der Waals surface area contributed by atoms with Gasteiger partial charge in [0, 0.05) is 177 Å². The van der Waals surface area contributed by atoms with E-state index in [-0.39, 0.29) is 23.6 Å². The zero-order chi connectivity index (χ0) is 89.7. The summed E-state index contributed by atoms with van der Waals surface area (Å²) in [6, 6.07) is 43.9. The van der Waals surface area contributed by atoms with E-state index in [9.17, 15) is 19.2 Å². The number of aromatic amines is 1. The highest BCUT2D eigenvalue weighted by atomic mass is 32.2. The number of thiophene rings is 1. The van der Waals surface area contributed by atoms with Crippen molar-refractivity contribution in [1.29, 1.82) is 0 Å². The van der Waals surface area contributed by atoms with Crippen molar-refractivity contribution in [3.8, 4) is 0 Å². The second-order valence-electron chi connectivity index (χ2n) is 33.2. The number of fused-ring (bicyclic) bond motifs is 1. The van der Waals surface area contributed by atoms with Gasteiger partial charge in [0.1, 0.15) is 47.4 Å². The van der Waals surface area contributed by atoms with E-state index >= 15 is 0 Å². The third-order valence-corrected chi connectivity index (χ3v) is 24.7. The summed E-state index contributed by atoms with van der Waals surface area (Å²) in [5.74, 6) is 6.65. The summed E-state index contributed by atoms with van der Waals surface area (Å²) < 4.78 is 0. The minimum Gasteiger partial charge on any atom is -0.366 e. The quantitative estimate of drug-likeness (QED) is 0.0421. The lowest BCUT2D eigenvalue weighted by molar-refractivity contribution is 0.101. The Morgan fingerprint density at radius 1 is 0.391 bits per heavy atom. The van der Waals surface area contributed by atoms with Crippen molar-refractivity contribution in [1.82, 2.24) is 59.8 Å². The Balaban J connectivity index is 0.000000138. The number of carbonyl (C=O) groups is 4. The van der Waals surface area contributed by atoms with Gasteiger partial charge in [-0.25, -0.2) is 34.9 Å². The fraction of sp³-hybridized carbons (Fsp3) is 0.337. The molecule has 0 unspecified atom stereocenters. The molecule has 0 bridgehead atoms. The van der Waals surface area contributed by atoms with Gasteiger partial charge in [0.2, 0.25) is 0 Å². The van der Waals surface area contributed by atoms with E-state index in [0.29, 0.717) is 45.9 Å². The minimum absolute atomic E-state index is 0.0667. The number of hydrogen-bond acceptors (Lipinski definition) is 25. The topological polar surface area (TPSA) is 300 Å². The third kappa shape index (κ3) is 22.8. The summed E-state index contributed by atoms with van der Waals surface area (Å²) >= 11 is 3.25. The molecule has 662 valence electrons. The number of thioether (sulfide) groups is 1. The Bertz CT molecular complexity index is 5890. The molecule has 13 heterocycles.